The molecule has 0 aliphatic heterocycles. The van der Waals surface area contributed by atoms with E-state index >= 15 is 0 Å². The first-order valence-corrected chi connectivity index (χ1v) is 6.97. The molecule has 2 rings (SSSR count). The van der Waals surface area contributed by atoms with E-state index in [0.29, 0.717) is 5.58 Å². The van der Waals surface area contributed by atoms with Gasteiger partial charge in [0.05, 0.1) is 6.10 Å². The summed E-state index contributed by atoms with van der Waals surface area (Å²) in [6, 6.07) is 7.51. The number of aryl methyl sites for hydroxylation is 1. The zero-order valence-corrected chi connectivity index (χ0v) is 12.1. The normalized spacial score (nSPS) is 14.2. The minimum Gasteiger partial charge on any atom is -0.451 e. The number of furan rings is 1. The summed E-state index contributed by atoms with van der Waals surface area (Å²) in [6.07, 6.45) is 0.344. The number of carbonyl (C=O) groups excluding carboxylic acids is 1. The first-order valence-electron chi connectivity index (χ1n) is 6.97. The Labute approximate surface area is 118 Å². The smallest absolute Gasteiger partial charge is 0.287 e. The summed E-state index contributed by atoms with van der Waals surface area (Å²) >= 11 is 0. The average Bonchev–Trinajstić information content (AvgIpc) is 2.86. The van der Waals surface area contributed by atoms with Gasteiger partial charge in [-0.2, -0.15) is 0 Å². The van der Waals surface area contributed by atoms with Crippen LogP contribution in [0.2, 0.25) is 0 Å². The van der Waals surface area contributed by atoms with Crippen LogP contribution < -0.4 is 5.32 Å². The zero-order valence-electron chi connectivity index (χ0n) is 12.1. The molecule has 0 saturated carbocycles. The number of fused-ring (bicyclic) bond motifs is 1. The zero-order chi connectivity index (χ0) is 14.7. The molecule has 4 heteroatoms. The number of aliphatic hydroxyl groups excluding tert-OH is 1. The minimum absolute atomic E-state index is 0.161. The van der Waals surface area contributed by atoms with Crippen LogP contribution in [0, 0.1) is 12.8 Å². The third kappa shape index (κ3) is 3.20. The predicted octanol–water partition coefficient (Wildman–Crippen LogP) is 2.88. The van der Waals surface area contributed by atoms with Crippen LogP contribution in [-0.4, -0.2) is 23.7 Å². The van der Waals surface area contributed by atoms with Gasteiger partial charge in [-0.05, 0) is 31.0 Å². The number of benzene rings is 1. The molecule has 0 bridgehead atoms. The van der Waals surface area contributed by atoms with Gasteiger partial charge in [-0.3, -0.25) is 4.79 Å². The maximum atomic E-state index is 12.0. The van der Waals surface area contributed by atoms with Crippen molar-refractivity contribution in [1.82, 2.24) is 5.32 Å². The van der Waals surface area contributed by atoms with E-state index in [2.05, 4.69) is 5.32 Å². The van der Waals surface area contributed by atoms with Crippen molar-refractivity contribution >= 4 is 16.9 Å². The largest absolute Gasteiger partial charge is 0.451 e. The highest BCUT2D eigenvalue weighted by Gasteiger charge is 2.16. The van der Waals surface area contributed by atoms with Crippen LogP contribution in [0.1, 0.15) is 36.4 Å². The summed E-state index contributed by atoms with van der Waals surface area (Å²) in [4.78, 5) is 12.0. The lowest BCUT2D eigenvalue weighted by molar-refractivity contribution is 0.0829. The topological polar surface area (TPSA) is 62.5 Å². The molecule has 108 valence electrons. The molecule has 0 radical (unpaired) electrons. The second kappa shape index (κ2) is 6.09. The summed E-state index contributed by atoms with van der Waals surface area (Å²) in [5, 5.41) is 13.5. The Morgan fingerprint density at radius 1 is 1.40 bits per heavy atom. The number of hydrogen-bond acceptors (Lipinski definition) is 3. The summed E-state index contributed by atoms with van der Waals surface area (Å²) < 4.78 is 5.51. The van der Waals surface area contributed by atoms with Crippen LogP contribution in [0.15, 0.2) is 28.7 Å². The number of amides is 1. The lowest BCUT2D eigenvalue weighted by Crippen LogP contribution is -2.35. The molecule has 1 aromatic heterocycles. The summed E-state index contributed by atoms with van der Waals surface area (Å²) in [5.74, 6) is 0.150. The first kappa shape index (κ1) is 14.6. The Bertz CT molecular complexity index is 603. The SMILES string of the molecule is CCC(C)C(O)CNC(=O)c1cc2cc(C)ccc2o1. The molecule has 1 aromatic carbocycles. The molecule has 0 aliphatic rings. The van der Waals surface area contributed by atoms with Gasteiger partial charge in [0.15, 0.2) is 5.76 Å². The molecule has 0 fully saturated rings. The fourth-order valence-corrected chi connectivity index (χ4v) is 2.03. The number of nitrogens with one attached hydrogen (secondary N) is 1. The summed E-state index contributed by atoms with van der Waals surface area (Å²) in [7, 11) is 0. The maximum absolute atomic E-state index is 12.0. The van der Waals surface area contributed by atoms with Crippen LogP contribution in [0.3, 0.4) is 0 Å². The Balaban J connectivity index is 2.04. The van der Waals surface area contributed by atoms with Crippen molar-refractivity contribution in [2.75, 3.05) is 6.54 Å². The molecule has 2 aromatic rings. The van der Waals surface area contributed by atoms with Gasteiger partial charge in [0, 0.05) is 11.9 Å². The van der Waals surface area contributed by atoms with Crippen molar-refractivity contribution in [3.63, 3.8) is 0 Å². The lowest BCUT2D eigenvalue weighted by atomic mass is 10.0. The fraction of sp³-hybridized carbons (Fsp3) is 0.438. The van der Waals surface area contributed by atoms with Crippen molar-refractivity contribution in [1.29, 1.82) is 0 Å². The van der Waals surface area contributed by atoms with Crippen LogP contribution in [0.25, 0.3) is 11.0 Å². The van der Waals surface area contributed by atoms with E-state index < -0.39 is 6.10 Å². The number of aliphatic hydroxyl groups is 1. The van der Waals surface area contributed by atoms with Crippen molar-refractivity contribution in [3.05, 3.63) is 35.6 Å². The van der Waals surface area contributed by atoms with E-state index in [0.717, 1.165) is 17.4 Å². The molecule has 1 heterocycles. The van der Waals surface area contributed by atoms with Crippen LogP contribution in [0.5, 0.6) is 0 Å². The Morgan fingerprint density at radius 3 is 2.85 bits per heavy atom. The highest BCUT2D eigenvalue weighted by molar-refractivity contribution is 5.96. The monoisotopic (exact) mass is 275 g/mol. The molecule has 2 unspecified atom stereocenters. The molecular weight excluding hydrogens is 254 g/mol. The molecule has 2 atom stereocenters. The van der Waals surface area contributed by atoms with Gasteiger partial charge < -0.3 is 14.8 Å². The molecule has 2 N–H and O–H groups in total. The van der Waals surface area contributed by atoms with Gasteiger partial charge in [0.1, 0.15) is 5.58 Å². The fourth-order valence-electron chi connectivity index (χ4n) is 2.03. The standard InChI is InChI=1S/C16H21NO3/c1-4-11(3)13(18)9-17-16(19)15-8-12-7-10(2)5-6-14(12)20-15/h5-8,11,13,18H,4,9H2,1-3H3,(H,17,19). The Hall–Kier alpha value is -1.81. The molecule has 4 nitrogen and oxygen atoms in total. The van der Waals surface area contributed by atoms with E-state index in [1.54, 1.807) is 6.07 Å². The van der Waals surface area contributed by atoms with E-state index in [1.807, 2.05) is 39.0 Å². The molecule has 0 spiro atoms. The maximum Gasteiger partial charge on any atom is 0.287 e. The number of carbonyl (C=O) groups is 1. The van der Waals surface area contributed by atoms with Gasteiger partial charge >= 0.3 is 0 Å². The quantitative estimate of drug-likeness (QED) is 0.882. The summed E-state index contributed by atoms with van der Waals surface area (Å²) in [5.41, 5.74) is 1.82. The van der Waals surface area contributed by atoms with Gasteiger partial charge in [0.2, 0.25) is 0 Å². The minimum atomic E-state index is -0.532. The molecule has 20 heavy (non-hydrogen) atoms. The van der Waals surface area contributed by atoms with E-state index in [4.69, 9.17) is 4.42 Å². The third-order valence-corrected chi connectivity index (χ3v) is 3.67. The van der Waals surface area contributed by atoms with Crippen molar-refractivity contribution in [2.24, 2.45) is 5.92 Å². The molecule has 1 amide bonds. The van der Waals surface area contributed by atoms with E-state index in [1.165, 1.54) is 0 Å². The van der Waals surface area contributed by atoms with Gasteiger partial charge in [-0.25, -0.2) is 0 Å². The third-order valence-electron chi connectivity index (χ3n) is 3.67. The molecule has 0 saturated heterocycles. The molecule has 0 aliphatic carbocycles. The van der Waals surface area contributed by atoms with Gasteiger partial charge in [-0.1, -0.05) is 31.9 Å². The van der Waals surface area contributed by atoms with E-state index in [9.17, 15) is 9.90 Å². The first-order chi connectivity index (χ1) is 9.51. The van der Waals surface area contributed by atoms with Crippen molar-refractivity contribution in [2.45, 2.75) is 33.3 Å². The number of hydrogen-bond donors (Lipinski definition) is 2. The Kier molecular flexibility index (Phi) is 4.45. The van der Waals surface area contributed by atoms with Crippen LogP contribution >= 0.6 is 0 Å². The lowest BCUT2D eigenvalue weighted by Gasteiger charge is -2.16. The van der Waals surface area contributed by atoms with Gasteiger partial charge in [-0.15, -0.1) is 0 Å². The Morgan fingerprint density at radius 2 is 2.15 bits per heavy atom. The number of rotatable bonds is 5. The van der Waals surface area contributed by atoms with Crippen molar-refractivity contribution in [3.8, 4) is 0 Å². The second-order valence-corrected chi connectivity index (χ2v) is 5.31. The highest BCUT2D eigenvalue weighted by Crippen LogP contribution is 2.20. The predicted molar refractivity (Wildman–Crippen MR) is 78.7 cm³/mol. The second-order valence-electron chi connectivity index (χ2n) is 5.31. The highest BCUT2D eigenvalue weighted by atomic mass is 16.3. The van der Waals surface area contributed by atoms with Crippen LogP contribution in [-0.2, 0) is 0 Å². The van der Waals surface area contributed by atoms with E-state index in [-0.39, 0.29) is 24.1 Å². The van der Waals surface area contributed by atoms with Crippen LogP contribution in [0.4, 0.5) is 0 Å². The summed E-state index contributed by atoms with van der Waals surface area (Å²) in [6.45, 7) is 6.21. The van der Waals surface area contributed by atoms with Gasteiger partial charge in [0.25, 0.3) is 5.91 Å². The van der Waals surface area contributed by atoms with Crippen molar-refractivity contribution < 1.29 is 14.3 Å². The average molecular weight is 275 g/mol. The molecular formula is C16H21NO3.